The van der Waals surface area contributed by atoms with E-state index in [0.29, 0.717) is 65.2 Å². The maximum Gasteiger partial charge on any atom is 0.415 e. The van der Waals surface area contributed by atoms with E-state index in [1.807, 2.05) is 0 Å². The number of likely N-dealkylation sites (tertiary alicyclic amines) is 1. The van der Waals surface area contributed by atoms with Crippen LogP contribution in [0, 0.1) is 10.1 Å². The Labute approximate surface area is 160 Å². The number of carboxylic acid groups (broad SMARTS) is 1. The molecule has 4 heterocycles. The van der Waals surface area contributed by atoms with Gasteiger partial charge in [-0.1, -0.05) is 0 Å². The third-order valence-corrected chi connectivity index (χ3v) is 5.71. The number of piperidine rings is 1. The summed E-state index contributed by atoms with van der Waals surface area (Å²) in [5.41, 5.74) is -0.413. The predicted molar refractivity (Wildman–Crippen MR) is 94.1 cm³/mol. The molecule has 0 aromatic carbocycles. The van der Waals surface area contributed by atoms with E-state index < -0.39 is 16.6 Å². The van der Waals surface area contributed by atoms with Gasteiger partial charge in [0.2, 0.25) is 5.91 Å². The number of aromatic nitrogens is 2. The van der Waals surface area contributed by atoms with Gasteiger partial charge in [-0.15, -0.1) is 0 Å². The highest BCUT2D eigenvalue weighted by atomic mass is 16.6. The van der Waals surface area contributed by atoms with Crippen molar-refractivity contribution in [2.45, 2.75) is 25.0 Å². The minimum absolute atomic E-state index is 0.0110. The fourth-order valence-electron chi connectivity index (χ4n) is 4.02. The number of piperazine rings is 1. The maximum atomic E-state index is 12.5. The lowest BCUT2D eigenvalue weighted by Crippen LogP contribution is -2.54. The maximum absolute atomic E-state index is 12.5. The molecule has 3 aliphatic heterocycles. The van der Waals surface area contributed by atoms with Crippen LogP contribution in [0.2, 0.25) is 0 Å². The standard InChI is InChI=1S/C16H22N6O6/c23-13(19-5-7-20(8-6-19)15(24)25)10-18-3-1-16(2-4-18)11-21-9-12(22(26)27)17-14(21)28-16/h9H,1-8,10-11H2,(H,24,25). The molecule has 28 heavy (non-hydrogen) atoms. The van der Waals surface area contributed by atoms with Gasteiger partial charge in [-0.2, -0.15) is 0 Å². The summed E-state index contributed by atoms with van der Waals surface area (Å²) in [5, 5.41) is 19.8. The SMILES string of the molecule is O=C(O)N1CCN(C(=O)CN2CCC3(CC2)Cn2cc([N+](=O)[O-])nc2O3)CC1. The van der Waals surface area contributed by atoms with Gasteiger partial charge >= 0.3 is 17.9 Å². The average molecular weight is 394 g/mol. The van der Waals surface area contributed by atoms with Crippen molar-refractivity contribution >= 4 is 17.8 Å². The lowest BCUT2D eigenvalue weighted by molar-refractivity contribution is -0.389. The van der Waals surface area contributed by atoms with Gasteiger partial charge in [-0.3, -0.25) is 14.3 Å². The number of carbonyl (C=O) groups excluding carboxylic acids is 1. The molecule has 2 fully saturated rings. The average Bonchev–Trinajstić information content (AvgIpc) is 3.20. The third kappa shape index (κ3) is 3.46. The summed E-state index contributed by atoms with van der Waals surface area (Å²) < 4.78 is 7.62. The summed E-state index contributed by atoms with van der Waals surface area (Å²) in [6.07, 6.45) is 1.88. The Balaban J connectivity index is 1.26. The largest absolute Gasteiger partial charge is 0.465 e. The van der Waals surface area contributed by atoms with Gasteiger partial charge in [0.15, 0.2) is 0 Å². The zero-order valence-corrected chi connectivity index (χ0v) is 15.3. The number of fused-ring (bicyclic) bond motifs is 1. The van der Waals surface area contributed by atoms with Crippen LogP contribution in [0.4, 0.5) is 10.6 Å². The second kappa shape index (κ2) is 6.93. The van der Waals surface area contributed by atoms with Crippen molar-refractivity contribution in [3.63, 3.8) is 0 Å². The first-order chi connectivity index (χ1) is 13.3. The monoisotopic (exact) mass is 394 g/mol. The molecule has 1 spiro atoms. The lowest BCUT2D eigenvalue weighted by atomic mass is 9.91. The van der Waals surface area contributed by atoms with Crippen molar-refractivity contribution < 1.29 is 24.4 Å². The third-order valence-electron chi connectivity index (χ3n) is 5.71. The molecule has 4 rings (SSSR count). The first-order valence-electron chi connectivity index (χ1n) is 9.24. The van der Waals surface area contributed by atoms with E-state index in [9.17, 15) is 19.7 Å². The Bertz CT molecular complexity index is 768. The van der Waals surface area contributed by atoms with Crippen molar-refractivity contribution in [2.24, 2.45) is 0 Å². The quantitative estimate of drug-likeness (QED) is 0.552. The summed E-state index contributed by atoms with van der Waals surface area (Å²) in [6, 6.07) is 0.285. The van der Waals surface area contributed by atoms with E-state index >= 15 is 0 Å². The van der Waals surface area contributed by atoms with Gasteiger partial charge < -0.3 is 29.8 Å². The van der Waals surface area contributed by atoms with E-state index in [2.05, 4.69) is 9.88 Å². The summed E-state index contributed by atoms with van der Waals surface area (Å²) in [7, 11) is 0. The van der Waals surface area contributed by atoms with Gasteiger partial charge in [0.05, 0.1) is 13.1 Å². The molecule has 0 atom stereocenters. The van der Waals surface area contributed by atoms with Crippen LogP contribution < -0.4 is 4.74 Å². The van der Waals surface area contributed by atoms with Crippen LogP contribution in [0.15, 0.2) is 6.20 Å². The van der Waals surface area contributed by atoms with Crippen LogP contribution in [0.1, 0.15) is 12.8 Å². The Hall–Kier alpha value is -2.89. The molecule has 1 aromatic heterocycles. The zero-order valence-electron chi connectivity index (χ0n) is 15.3. The molecule has 0 unspecified atom stereocenters. The minimum atomic E-state index is -0.949. The van der Waals surface area contributed by atoms with Crippen LogP contribution in [0.3, 0.4) is 0 Å². The Kier molecular flexibility index (Phi) is 4.57. The van der Waals surface area contributed by atoms with Crippen LogP contribution in [-0.4, -0.2) is 97.7 Å². The number of amides is 2. The van der Waals surface area contributed by atoms with Crippen molar-refractivity contribution in [2.75, 3.05) is 45.8 Å². The van der Waals surface area contributed by atoms with Crippen LogP contribution in [0.25, 0.3) is 0 Å². The number of nitro groups is 1. The van der Waals surface area contributed by atoms with E-state index in [0.717, 1.165) is 0 Å². The molecule has 0 saturated carbocycles. The number of hydrogen-bond donors (Lipinski definition) is 1. The number of hydrogen-bond acceptors (Lipinski definition) is 7. The molecular formula is C16H22N6O6. The second-order valence-electron chi connectivity index (χ2n) is 7.48. The zero-order chi connectivity index (χ0) is 19.9. The van der Waals surface area contributed by atoms with Crippen LogP contribution in [0.5, 0.6) is 6.01 Å². The Morgan fingerprint density at radius 3 is 2.39 bits per heavy atom. The molecule has 0 bridgehead atoms. The van der Waals surface area contributed by atoms with Gasteiger partial charge in [0.25, 0.3) is 0 Å². The molecule has 152 valence electrons. The van der Waals surface area contributed by atoms with Gasteiger partial charge in [-0.25, -0.2) is 4.79 Å². The Morgan fingerprint density at radius 1 is 1.18 bits per heavy atom. The summed E-state index contributed by atoms with van der Waals surface area (Å²) in [4.78, 5) is 42.7. The first kappa shape index (κ1) is 18.5. The number of rotatable bonds is 3. The minimum Gasteiger partial charge on any atom is -0.465 e. The van der Waals surface area contributed by atoms with Gasteiger partial charge in [0.1, 0.15) is 11.8 Å². The molecule has 12 heteroatoms. The molecule has 2 amide bonds. The van der Waals surface area contributed by atoms with Gasteiger partial charge in [0, 0.05) is 57.1 Å². The van der Waals surface area contributed by atoms with Crippen molar-refractivity contribution in [1.82, 2.24) is 24.3 Å². The second-order valence-corrected chi connectivity index (χ2v) is 7.48. The van der Waals surface area contributed by atoms with Crippen molar-refractivity contribution in [3.8, 4) is 6.01 Å². The Morgan fingerprint density at radius 2 is 1.82 bits per heavy atom. The van der Waals surface area contributed by atoms with E-state index in [-0.39, 0.29) is 17.7 Å². The number of imidazole rings is 1. The molecule has 0 aliphatic carbocycles. The summed E-state index contributed by atoms with van der Waals surface area (Å²) in [6.45, 7) is 3.74. The predicted octanol–water partition coefficient (Wildman–Crippen LogP) is -0.159. The molecule has 1 aromatic rings. The number of nitrogens with zero attached hydrogens (tertiary/aromatic N) is 6. The fraction of sp³-hybridized carbons (Fsp3) is 0.688. The molecule has 12 nitrogen and oxygen atoms in total. The molecule has 1 N–H and O–H groups in total. The number of carbonyl (C=O) groups is 2. The lowest BCUT2D eigenvalue weighted by Gasteiger charge is -2.39. The van der Waals surface area contributed by atoms with E-state index in [1.165, 1.54) is 11.1 Å². The highest BCUT2D eigenvalue weighted by molar-refractivity contribution is 5.78. The summed E-state index contributed by atoms with van der Waals surface area (Å²) >= 11 is 0. The topological polar surface area (TPSA) is 134 Å². The van der Waals surface area contributed by atoms with Crippen molar-refractivity contribution in [3.05, 3.63) is 16.3 Å². The summed E-state index contributed by atoms with van der Waals surface area (Å²) in [5.74, 6) is -0.201. The fourth-order valence-corrected chi connectivity index (χ4v) is 4.02. The van der Waals surface area contributed by atoms with E-state index in [4.69, 9.17) is 9.84 Å². The highest BCUT2D eigenvalue weighted by Crippen LogP contribution is 2.37. The molecule has 2 saturated heterocycles. The molecule has 3 aliphatic rings. The van der Waals surface area contributed by atoms with Gasteiger partial charge in [-0.05, 0) is 4.92 Å². The molecular weight excluding hydrogens is 372 g/mol. The van der Waals surface area contributed by atoms with Crippen LogP contribution >= 0.6 is 0 Å². The number of ether oxygens (including phenoxy) is 1. The highest BCUT2D eigenvalue weighted by Gasteiger charge is 2.46. The first-order valence-corrected chi connectivity index (χ1v) is 9.24. The molecule has 0 radical (unpaired) electrons. The normalized spacial score (nSPS) is 21.4. The van der Waals surface area contributed by atoms with Crippen molar-refractivity contribution in [1.29, 1.82) is 0 Å². The van der Waals surface area contributed by atoms with E-state index in [1.54, 1.807) is 9.47 Å². The smallest absolute Gasteiger partial charge is 0.415 e. The van der Waals surface area contributed by atoms with Crippen LogP contribution in [-0.2, 0) is 11.3 Å².